The Labute approximate surface area is 105 Å². The topological polar surface area (TPSA) is 40.2 Å². The van der Waals surface area contributed by atoms with E-state index in [1.807, 2.05) is 50.5 Å². The summed E-state index contributed by atoms with van der Waals surface area (Å²) in [6.45, 7) is 2.41. The number of furan rings is 1. The second kappa shape index (κ2) is 4.22. The zero-order valence-electron chi connectivity index (χ0n) is 10.4. The monoisotopic (exact) mass is 242 g/mol. The molecule has 3 aromatic rings. The summed E-state index contributed by atoms with van der Waals surface area (Å²) in [5.74, 6) is 1.74. The summed E-state index contributed by atoms with van der Waals surface area (Å²) in [6.07, 6.45) is 1.90. The summed E-state index contributed by atoms with van der Waals surface area (Å²) >= 11 is 0. The van der Waals surface area contributed by atoms with Gasteiger partial charge in [-0.05, 0) is 37.3 Å². The molecule has 0 N–H and O–H groups in total. The molecule has 0 aliphatic carbocycles. The fraction of sp³-hybridized carbons (Fsp3) is 0.214. The van der Waals surface area contributed by atoms with Gasteiger partial charge in [0.15, 0.2) is 0 Å². The summed E-state index contributed by atoms with van der Waals surface area (Å²) in [5.41, 5.74) is 1.80. The molecule has 0 atom stereocenters. The Morgan fingerprint density at radius 3 is 2.94 bits per heavy atom. The van der Waals surface area contributed by atoms with Crippen molar-refractivity contribution < 1.29 is 9.15 Å². The molecule has 0 aliphatic heterocycles. The van der Waals surface area contributed by atoms with Crippen LogP contribution < -0.4 is 4.74 Å². The summed E-state index contributed by atoms with van der Waals surface area (Å²) < 4.78 is 13.0. The highest BCUT2D eigenvalue weighted by molar-refractivity contribution is 5.79. The third-order valence-corrected chi connectivity index (χ3v) is 2.77. The fourth-order valence-electron chi connectivity index (χ4n) is 1.94. The Bertz CT molecular complexity index is 682. The first-order valence-electron chi connectivity index (χ1n) is 5.82. The van der Waals surface area contributed by atoms with Gasteiger partial charge in [-0.3, -0.25) is 4.68 Å². The van der Waals surface area contributed by atoms with Gasteiger partial charge in [0.25, 0.3) is 0 Å². The Morgan fingerprint density at radius 2 is 2.17 bits per heavy atom. The SMILES string of the molecule is Cc1cc2cc(OCc3ccn(C)n3)ccc2o1. The quantitative estimate of drug-likeness (QED) is 0.708. The van der Waals surface area contributed by atoms with Crippen molar-refractivity contribution in [3.63, 3.8) is 0 Å². The van der Waals surface area contributed by atoms with Crippen molar-refractivity contribution in [2.45, 2.75) is 13.5 Å². The number of hydrogen-bond donors (Lipinski definition) is 0. The molecule has 4 nitrogen and oxygen atoms in total. The summed E-state index contributed by atoms with van der Waals surface area (Å²) in [5, 5.41) is 5.33. The van der Waals surface area contributed by atoms with E-state index in [4.69, 9.17) is 9.15 Å². The zero-order chi connectivity index (χ0) is 12.5. The highest BCUT2D eigenvalue weighted by Crippen LogP contribution is 2.24. The van der Waals surface area contributed by atoms with E-state index in [0.29, 0.717) is 6.61 Å². The van der Waals surface area contributed by atoms with Crippen molar-refractivity contribution in [3.8, 4) is 5.75 Å². The Morgan fingerprint density at radius 1 is 1.28 bits per heavy atom. The average molecular weight is 242 g/mol. The van der Waals surface area contributed by atoms with Crippen molar-refractivity contribution in [1.82, 2.24) is 9.78 Å². The molecule has 2 aromatic heterocycles. The molecule has 0 bridgehead atoms. The van der Waals surface area contributed by atoms with Crippen LogP contribution >= 0.6 is 0 Å². The first kappa shape index (κ1) is 10.9. The zero-order valence-corrected chi connectivity index (χ0v) is 10.4. The third-order valence-electron chi connectivity index (χ3n) is 2.77. The van der Waals surface area contributed by atoms with Crippen LogP contribution in [0.25, 0.3) is 11.0 Å². The van der Waals surface area contributed by atoms with Crippen molar-refractivity contribution in [1.29, 1.82) is 0 Å². The normalized spacial score (nSPS) is 11.0. The predicted octanol–water partition coefficient (Wildman–Crippen LogP) is 3.05. The number of rotatable bonds is 3. The van der Waals surface area contributed by atoms with Crippen molar-refractivity contribution in [3.05, 3.63) is 48.0 Å². The maximum atomic E-state index is 5.71. The molecule has 0 saturated carbocycles. The fourth-order valence-corrected chi connectivity index (χ4v) is 1.94. The standard InChI is InChI=1S/C14H14N2O2/c1-10-7-11-8-13(3-4-14(11)18-10)17-9-12-5-6-16(2)15-12/h3-8H,9H2,1-2H3. The minimum Gasteiger partial charge on any atom is -0.487 e. The van der Waals surface area contributed by atoms with Gasteiger partial charge in [-0.25, -0.2) is 0 Å². The maximum Gasteiger partial charge on any atom is 0.134 e. The first-order valence-corrected chi connectivity index (χ1v) is 5.82. The summed E-state index contributed by atoms with van der Waals surface area (Å²) in [6, 6.07) is 9.77. The number of nitrogens with zero attached hydrogens (tertiary/aromatic N) is 2. The first-order chi connectivity index (χ1) is 8.70. The van der Waals surface area contributed by atoms with E-state index >= 15 is 0 Å². The third kappa shape index (κ3) is 2.09. The van der Waals surface area contributed by atoms with Gasteiger partial charge in [0.2, 0.25) is 0 Å². The highest BCUT2D eigenvalue weighted by Gasteiger charge is 2.03. The van der Waals surface area contributed by atoms with E-state index in [0.717, 1.165) is 28.2 Å². The number of ether oxygens (including phenoxy) is 1. The number of benzene rings is 1. The van der Waals surface area contributed by atoms with Crippen LogP contribution in [0, 0.1) is 6.92 Å². The smallest absolute Gasteiger partial charge is 0.134 e. The Hall–Kier alpha value is -2.23. The lowest BCUT2D eigenvalue weighted by atomic mass is 10.2. The van der Waals surface area contributed by atoms with Gasteiger partial charge >= 0.3 is 0 Å². The van der Waals surface area contributed by atoms with Crippen molar-refractivity contribution >= 4 is 11.0 Å². The predicted molar refractivity (Wildman–Crippen MR) is 68.5 cm³/mol. The van der Waals surface area contributed by atoms with Crippen LogP contribution in [0.15, 0.2) is 40.9 Å². The van der Waals surface area contributed by atoms with Gasteiger partial charge in [0, 0.05) is 18.6 Å². The molecule has 0 saturated heterocycles. The second-order valence-electron chi connectivity index (χ2n) is 4.33. The van der Waals surface area contributed by atoms with Crippen LogP contribution in [0.2, 0.25) is 0 Å². The van der Waals surface area contributed by atoms with E-state index in [9.17, 15) is 0 Å². The number of aromatic nitrogens is 2. The molecule has 0 fully saturated rings. The van der Waals surface area contributed by atoms with E-state index < -0.39 is 0 Å². The minimum absolute atomic E-state index is 0.475. The largest absolute Gasteiger partial charge is 0.487 e. The van der Waals surface area contributed by atoms with Gasteiger partial charge in [-0.15, -0.1) is 0 Å². The lowest BCUT2D eigenvalue weighted by Crippen LogP contribution is -1.97. The Balaban J connectivity index is 1.78. The molecule has 0 spiro atoms. The molecule has 0 unspecified atom stereocenters. The molecule has 18 heavy (non-hydrogen) atoms. The van der Waals surface area contributed by atoms with Gasteiger partial charge in [0.1, 0.15) is 23.7 Å². The van der Waals surface area contributed by atoms with Crippen LogP contribution in [0.1, 0.15) is 11.5 Å². The molecular formula is C14H14N2O2. The van der Waals surface area contributed by atoms with Gasteiger partial charge < -0.3 is 9.15 Å². The lowest BCUT2D eigenvalue weighted by Gasteiger charge is -2.03. The molecular weight excluding hydrogens is 228 g/mol. The van der Waals surface area contributed by atoms with Crippen LogP contribution in [0.4, 0.5) is 0 Å². The minimum atomic E-state index is 0.475. The number of fused-ring (bicyclic) bond motifs is 1. The molecule has 3 rings (SSSR count). The molecule has 0 amide bonds. The lowest BCUT2D eigenvalue weighted by molar-refractivity contribution is 0.300. The molecule has 1 aromatic carbocycles. The van der Waals surface area contributed by atoms with Gasteiger partial charge in [-0.1, -0.05) is 0 Å². The number of hydrogen-bond acceptors (Lipinski definition) is 3. The molecule has 92 valence electrons. The Kier molecular flexibility index (Phi) is 2.55. The van der Waals surface area contributed by atoms with Crippen LogP contribution in [0.3, 0.4) is 0 Å². The van der Waals surface area contributed by atoms with E-state index in [2.05, 4.69) is 5.10 Å². The van der Waals surface area contributed by atoms with E-state index in [-0.39, 0.29) is 0 Å². The van der Waals surface area contributed by atoms with E-state index in [1.165, 1.54) is 0 Å². The average Bonchev–Trinajstić information content (AvgIpc) is 2.90. The molecule has 2 heterocycles. The van der Waals surface area contributed by atoms with Crippen LogP contribution in [0.5, 0.6) is 5.75 Å². The summed E-state index contributed by atoms with van der Waals surface area (Å²) in [4.78, 5) is 0. The van der Waals surface area contributed by atoms with E-state index in [1.54, 1.807) is 4.68 Å². The summed E-state index contributed by atoms with van der Waals surface area (Å²) in [7, 11) is 1.89. The number of aryl methyl sites for hydroxylation is 2. The van der Waals surface area contributed by atoms with Crippen molar-refractivity contribution in [2.75, 3.05) is 0 Å². The molecule has 0 aliphatic rings. The van der Waals surface area contributed by atoms with Gasteiger partial charge in [0.05, 0.1) is 5.69 Å². The van der Waals surface area contributed by atoms with Crippen LogP contribution in [-0.4, -0.2) is 9.78 Å². The molecule has 4 heteroatoms. The maximum absolute atomic E-state index is 5.71. The highest BCUT2D eigenvalue weighted by atomic mass is 16.5. The second-order valence-corrected chi connectivity index (χ2v) is 4.33. The van der Waals surface area contributed by atoms with Crippen LogP contribution in [-0.2, 0) is 13.7 Å². The van der Waals surface area contributed by atoms with Gasteiger partial charge in [-0.2, -0.15) is 5.10 Å². The van der Waals surface area contributed by atoms with Crippen molar-refractivity contribution in [2.24, 2.45) is 7.05 Å². The molecule has 0 radical (unpaired) electrons.